The Morgan fingerprint density at radius 1 is 1.17 bits per heavy atom. The van der Waals surface area contributed by atoms with Gasteiger partial charge in [0.15, 0.2) is 0 Å². The number of thioether (sulfide) groups is 1. The van der Waals surface area contributed by atoms with Crippen LogP contribution in [0.2, 0.25) is 0 Å². The van der Waals surface area contributed by atoms with Crippen LogP contribution in [0, 0.1) is 10.1 Å². The monoisotopic (exact) mass is 343 g/mol. The van der Waals surface area contributed by atoms with Crippen molar-refractivity contribution in [2.75, 3.05) is 0 Å². The van der Waals surface area contributed by atoms with E-state index in [1.807, 2.05) is 6.92 Å². The summed E-state index contributed by atoms with van der Waals surface area (Å²) in [7, 11) is 0. The van der Waals surface area contributed by atoms with Gasteiger partial charge in [-0.2, -0.15) is 0 Å². The molecule has 2 aromatic carbocycles. The van der Waals surface area contributed by atoms with Crippen LogP contribution in [-0.4, -0.2) is 20.2 Å². The maximum atomic E-state index is 10.7. The summed E-state index contributed by atoms with van der Waals surface area (Å²) in [4.78, 5) is 11.1. The van der Waals surface area contributed by atoms with Gasteiger partial charge in [0.05, 0.1) is 15.7 Å². The summed E-state index contributed by atoms with van der Waals surface area (Å²) in [5, 5.41) is 28.3. The Hall–Kier alpha value is -2.87. The molecule has 1 N–H and O–H groups in total. The van der Waals surface area contributed by atoms with Crippen molar-refractivity contribution >= 4 is 17.4 Å². The lowest BCUT2D eigenvalue weighted by Crippen LogP contribution is -1.90. The van der Waals surface area contributed by atoms with E-state index in [9.17, 15) is 15.2 Å². The van der Waals surface area contributed by atoms with Gasteiger partial charge in [0.25, 0.3) is 11.6 Å². The molecule has 24 heavy (non-hydrogen) atoms. The lowest BCUT2D eigenvalue weighted by Gasteiger charge is -2.06. The summed E-state index contributed by atoms with van der Waals surface area (Å²) in [5.74, 6) is 0.735. The maximum Gasteiger partial charge on any atom is 0.269 e. The Morgan fingerprint density at radius 3 is 2.54 bits per heavy atom. The van der Waals surface area contributed by atoms with Crippen LogP contribution in [-0.2, 0) is 0 Å². The number of benzene rings is 2. The summed E-state index contributed by atoms with van der Waals surface area (Å²) >= 11 is 1.45. The first kappa shape index (κ1) is 16.0. The third-order valence-electron chi connectivity index (χ3n) is 3.28. The standard InChI is InChI=1S/C16H13N3O4S/c1-10(24-12-8-6-11(7-9-12)19(21)22)15-17-18-16(23-15)13-4-2-3-5-14(13)20/h2-10,20H,1H3/t10-/m1/s1. The molecule has 0 amide bonds. The van der Waals surface area contributed by atoms with Gasteiger partial charge in [0, 0.05) is 17.0 Å². The van der Waals surface area contributed by atoms with Crippen molar-refractivity contribution in [1.82, 2.24) is 10.2 Å². The van der Waals surface area contributed by atoms with Crippen LogP contribution >= 0.6 is 11.8 Å². The number of para-hydroxylation sites is 1. The molecular weight excluding hydrogens is 330 g/mol. The number of hydrogen-bond donors (Lipinski definition) is 1. The molecule has 1 atom stereocenters. The number of rotatable bonds is 5. The van der Waals surface area contributed by atoms with Gasteiger partial charge < -0.3 is 9.52 Å². The number of phenolic OH excluding ortho intramolecular Hbond substituents is 1. The molecule has 0 saturated heterocycles. The predicted octanol–water partition coefficient (Wildman–Crippen LogP) is 4.20. The minimum atomic E-state index is -0.436. The van der Waals surface area contributed by atoms with Crippen LogP contribution in [0.1, 0.15) is 18.1 Å². The number of aromatic hydroxyl groups is 1. The summed E-state index contributed by atoms with van der Waals surface area (Å²) in [6.45, 7) is 1.90. The number of hydrogen-bond acceptors (Lipinski definition) is 7. The predicted molar refractivity (Wildman–Crippen MR) is 88.8 cm³/mol. The highest BCUT2D eigenvalue weighted by Crippen LogP contribution is 2.36. The van der Waals surface area contributed by atoms with Crippen LogP contribution in [0.4, 0.5) is 5.69 Å². The van der Waals surface area contributed by atoms with Crippen LogP contribution in [0.25, 0.3) is 11.5 Å². The quantitative estimate of drug-likeness (QED) is 0.420. The van der Waals surface area contributed by atoms with Gasteiger partial charge in [-0.3, -0.25) is 10.1 Å². The second kappa shape index (κ2) is 6.71. The molecule has 1 heterocycles. The van der Waals surface area contributed by atoms with Gasteiger partial charge in [0.1, 0.15) is 5.75 Å². The van der Waals surface area contributed by atoms with Gasteiger partial charge in [-0.1, -0.05) is 12.1 Å². The largest absolute Gasteiger partial charge is 0.507 e. The molecule has 8 heteroatoms. The topological polar surface area (TPSA) is 102 Å². The fourth-order valence-electron chi connectivity index (χ4n) is 2.06. The Morgan fingerprint density at radius 2 is 1.88 bits per heavy atom. The molecule has 0 radical (unpaired) electrons. The summed E-state index contributed by atoms with van der Waals surface area (Å²) < 4.78 is 5.64. The Balaban J connectivity index is 1.75. The minimum absolute atomic E-state index is 0.0478. The second-order valence-electron chi connectivity index (χ2n) is 4.97. The smallest absolute Gasteiger partial charge is 0.269 e. The molecule has 0 bridgehead atoms. The average molecular weight is 343 g/mol. The molecule has 3 rings (SSSR count). The first-order valence-corrected chi connectivity index (χ1v) is 7.95. The first-order valence-electron chi connectivity index (χ1n) is 7.07. The molecule has 0 spiro atoms. The van der Waals surface area contributed by atoms with Crippen molar-refractivity contribution in [3.05, 3.63) is 64.5 Å². The van der Waals surface area contributed by atoms with Crippen molar-refractivity contribution < 1.29 is 14.4 Å². The normalized spacial score (nSPS) is 12.0. The number of non-ortho nitro benzene ring substituents is 1. The van der Waals surface area contributed by atoms with E-state index in [0.29, 0.717) is 11.5 Å². The van der Waals surface area contributed by atoms with Crippen molar-refractivity contribution in [2.45, 2.75) is 17.1 Å². The molecular formula is C16H13N3O4S. The van der Waals surface area contributed by atoms with Crippen LogP contribution < -0.4 is 0 Å². The van der Waals surface area contributed by atoms with Crippen LogP contribution in [0.3, 0.4) is 0 Å². The Kier molecular flexibility index (Phi) is 4.48. The van der Waals surface area contributed by atoms with E-state index in [1.165, 1.54) is 23.9 Å². The Labute approximate surface area is 141 Å². The van der Waals surface area contributed by atoms with E-state index in [0.717, 1.165) is 4.90 Å². The number of phenols is 1. The van der Waals surface area contributed by atoms with Crippen molar-refractivity contribution in [3.63, 3.8) is 0 Å². The molecule has 0 unspecified atom stereocenters. The molecule has 122 valence electrons. The lowest BCUT2D eigenvalue weighted by atomic mass is 10.2. The van der Waals surface area contributed by atoms with Gasteiger partial charge in [-0.05, 0) is 31.2 Å². The first-order chi connectivity index (χ1) is 11.5. The Bertz CT molecular complexity index is 864. The third-order valence-corrected chi connectivity index (χ3v) is 4.38. The second-order valence-corrected chi connectivity index (χ2v) is 6.39. The number of nitro groups is 1. The van der Waals surface area contributed by atoms with E-state index in [4.69, 9.17) is 4.42 Å². The van der Waals surface area contributed by atoms with Gasteiger partial charge >= 0.3 is 0 Å². The molecule has 0 aliphatic rings. The SMILES string of the molecule is C[C@@H](Sc1ccc([N+](=O)[O-])cc1)c1nnc(-c2ccccc2O)o1. The lowest BCUT2D eigenvalue weighted by molar-refractivity contribution is -0.384. The number of nitro benzene ring substituents is 1. The zero-order chi connectivity index (χ0) is 17.1. The van der Waals surface area contributed by atoms with Crippen molar-refractivity contribution in [3.8, 4) is 17.2 Å². The summed E-state index contributed by atoms with van der Waals surface area (Å²) in [6, 6.07) is 13.0. The third kappa shape index (κ3) is 3.38. The fraction of sp³-hybridized carbons (Fsp3) is 0.125. The highest BCUT2D eigenvalue weighted by molar-refractivity contribution is 7.99. The van der Waals surface area contributed by atoms with E-state index in [1.54, 1.807) is 36.4 Å². The number of aromatic nitrogens is 2. The van der Waals surface area contributed by atoms with Crippen LogP contribution in [0.15, 0.2) is 57.8 Å². The zero-order valence-electron chi connectivity index (χ0n) is 12.6. The molecule has 0 saturated carbocycles. The number of nitrogens with zero attached hydrogens (tertiary/aromatic N) is 3. The average Bonchev–Trinajstić information content (AvgIpc) is 3.05. The molecule has 3 aromatic rings. The van der Waals surface area contributed by atoms with Gasteiger partial charge in [0.2, 0.25) is 5.89 Å². The van der Waals surface area contributed by atoms with E-state index in [2.05, 4.69) is 10.2 Å². The maximum absolute atomic E-state index is 10.7. The minimum Gasteiger partial charge on any atom is -0.507 e. The molecule has 1 aromatic heterocycles. The molecule has 7 nitrogen and oxygen atoms in total. The van der Waals surface area contributed by atoms with Gasteiger partial charge in [-0.15, -0.1) is 22.0 Å². The van der Waals surface area contributed by atoms with E-state index in [-0.39, 0.29) is 22.6 Å². The van der Waals surface area contributed by atoms with E-state index < -0.39 is 4.92 Å². The zero-order valence-corrected chi connectivity index (χ0v) is 13.4. The molecule has 0 aliphatic carbocycles. The molecule has 0 fully saturated rings. The summed E-state index contributed by atoms with van der Waals surface area (Å²) in [5.41, 5.74) is 0.524. The van der Waals surface area contributed by atoms with Crippen molar-refractivity contribution in [1.29, 1.82) is 0 Å². The fourth-order valence-corrected chi connectivity index (χ4v) is 2.96. The highest BCUT2D eigenvalue weighted by Gasteiger charge is 2.18. The van der Waals surface area contributed by atoms with Crippen molar-refractivity contribution in [2.24, 2.45) is 0 Å². The van der Waals surface area contributed by atoms with E-state index >= 15 is 0 Å². The van der Waals surface area contributed by atoms with Gasteiger partial charge in [-0.25, -0.2) is 0 Å². The van der Waals surface area contributed by atoms with Crippen LogP contribution in [0.5, 0.6) is 5.75 Å². The highest BCUT2D eigenvalue weighted by atomic mass is 32.2. The summed E-state index contributed by atoms with van der Waals surface area (Å²) in [6.07, 6.45) is 0. The molecule has 0 aliphatic heterocycles.